The van der Waals surface area contributed by atoms with E-state index in [1.165, 1.54) is 6.07 Å². The van der Waals surface area contributed by atoms with Crippen molar-refractivity contribution in [3.63, 3.8) is 0 Å². The molecule has 6 nitrogen and oxygen atoms in total. The van der Waals surface area contributed by atoms with Gasteiger partial charge >= 0.3 is 5.97 Å². The lowest BCUT2D eigenvalue weighted by molar-refractivity contribution is -0.122. The molecule has 0 saturated heterocycles. The van der Waals surface area contributed by atoms with Crippen LogP contribution in [-0.4, -0.2) is 24.1 Å². The van der Waals surface area contributed by atoms with Crippen LogP contribution < -0.4 is 10.1 Å². The molecule has 0 aliphatic heterocycles. The monoisotopic (exact) mass is 440 g/mol. The van der Waals surface area contributed by atoms with Crippen molar-refractivity contribution in [3.8, 4) is 11.8 Å². The second kappa shape index (κ2) is 9.28. The zero-order chi connectivity index (χ0) is 21.0. The van der Waals surface area contributed by atoms with Gasteiger partial charge in [0.25, 0.3) is 5.91 Å². The predicted molar refractivity (Wildman–Crippen MR) is 110 cm³/mol. The minimum atomic E-state index is -0.904. The number of carbonyl (C=O) groups excluding carboxylic acids is 2. The average Bonchev–Trinajstić information content (AvgIpc) is 2.92. The number of amides is 1. The van der Waals surface area contributed by atoms with Crippen LogP contribution in [0.15, 0.2) is 18.2 Å². The fraction of sp³-hybridized carbons (Fsp3) is 0.316. The summed E-state index contributed by atoms with van der Waals surface area (Å²) in [6, 6.07) is 6.67. The third-order valence-corrected chi connectivity index (χ3v) is 5.31. The number of ether oxygens (including phenoxy) is 2. The summed E-state index contributed by atoms with van der Waals surface area (Å²) >= 11 is 12.9. The van der Waals surface area contributed by atoms with E-state index in [9.17, 15) is 14.9 Å². The highest BCUT2D eigenvalue weighted by atomic mass is 35.5. The van der Waals surface area contributed by atoms with Crippen molar-refractivity contribution in [3.05, 3.63) is 44.2 Å². The van der Waals surface area contributed by atoms with Gasteiger partial charge in [-0.1, -0.05) is 23.2 Å². The molecule has 0 bridgehead atoms. The molecule has 148 valence electrons. The molecular weight excluding hydrogens is 423 g/mol. The van der Waals surface area contributed by atoms with Gasteiger partial charge in [-0.2, -0.15) is 5.26 Å². The van der Waals surface area contributed by atoms with Gasteiger partial charge in [-0.25, -0.2) is 4.79 Å². The summed E-state index contributed by atoms with van der Waals surface area (Å²) in [6.07, 6.45) is -1.20. The van der Waals surface area contributed by atoms with Crippen molar-refractivity contribution in [1.29, 1.82) is 5.26 Å². The number of benzene rings is 1. The minimum absolute atomic E-state index is 0.214. The van der Waals surface area contributed by atoms with Crippen molar-refractivity contribution >= 4 is 51.4 Å². The van der Waals surface area contributed by atoms with Gasteiger partial charge in [-0.05, 0) is 51.5 Å². The largest absolute Gasteiger partial charge is 0.479 e. The van der Waals surface area contributed by atoms with Gasteiger partial charge < -0.3 is 14.8 Å². The molecule has 0 radical (unpaired) electrons. The third-order valence-electron chi connectivity index (χ3n) is 3.59. The normalized spacial score (nSPS) is 11.6. The first-order chi connectivity index (χ1) is 13.1. The van der Waals surface area contributed by atoms with Crippen LogP contribution in [0.4, 0.5) is 5.00 Å². The maximum absolute atomic E-state index is 12.5. The number of hydrogen-bond acceptors (Lipinski definition) is 6. The molecule has 1 aromatic heterocycles. The first-order valence-corrected chi connectivity index (χ1v) is 9.88. The summed E-state index contributed by atoms with van der Waals surface area (Å²) in [5.74, 6) is -0.725. The van der Waals surface area contributed by atoms with Crippen molar-refractivity contribution in [2.75, 3.05) is 5.32 Å². The van der Waals surface area contributed by atoms with Crippen LogP contribution in [0.5, 0.6) is 5.75 Å². The van der Waals surface area contributed by atoms with E-state index in [1.54, 1.807) is 39.8 Å². The quantitative estimate of drug-likeness (QED) is 0.622. The summed E-state index contributed by atoms with van der Waals surface area (Å²) in [4.78, 5) is 25.0. The number of rotatable bonds is 6. The topological polar surface area (TPSA) is 88.4 Å². The molecule has 1 heterocycles. The van der Waals surface area contributed by atoms with Crippen LogP contribution in [0.1, 0.15) is 41.6 Å². The van der Waals surface area contributed by atoms with Gasteiger partial charge in [0.05, 0.1) is 16.7 Å². The molecule has 1 unspecified atom stereocenters. The molecule has 0 spiro atoms. The summed E-state index contributed by atoms with van der Waals surface area (Å²) in [7, 11) is 0. The highest BCUT2D eigenvalue weighted by molar-refractivity contribution is 7.18. The Morgan fingerprint density at radius 3 is 2.50 bits per heavy atom. The van der Waals surface area contributed by atoms with E-state index in [1.807, 2.05) is 6.07 Å². The fourth-order valence-electron chi connectivity index (χ4n) is 2.23. The molecule has 0 fully saturated rings. The van der Waals surface area contributed by atoms with Gasteiger partial charge in [0, 0.05) is 5.02 Å². The van der Waals surface area contributed by atoms with E-state index >= 15 is 0 Å². The van der Waals surface area contributed by atoms with Gasteiger partial charge in [0.2, 0.25) is 0 Å². The Kier molecular flexibility index (Phi) is 7.30. The molecule has 0 aliphatic rings. The number of nitrogens with one attached hydrogen (secondary N) is 1. The number of hydrogen-bond donors (Lipinski definition) is 1. The van der Waals surface area contributed by atoms with Crippen LogP contribution in [0.25, 0.3) is 0 Å². The lowest BCUT2D eigenvalue weighted by Crippen LogP contribution is -2.30. The van der Waals surface area contributed by atoms with E-state index in [2.05, 4.69) is 5.32 Å². The Labute approximate surface area is 177 Å². The van der Waals surface area contributed by atoms with Gasteiger partial charge in [0.1, 0.15) is 21.7 Å². The molecule has 28 heavy (non-hydrogen) atoms. The van der Waals surface area contributed by atoms with Crippen molar-refractivity contribution < 1.29 is 19.1 Å². The number of nitrogens with zero attached hydrogens (tertiary/aromatic N) is 1. The highest BCUT2D eigenvalue weighted by Crippen LogP contribution is 2.34. The zero-order valence-corrected chi connectivity index (χ0v) is 18.0. The second-order valence-electron chi connectivity index (χ2n) is 6.15. The number of halogens is 2. The van der Waals surface area contributed by atoms with E-state index in [4.69, 9.17) is 32.7 Å². The van der Waals surface area contributed by atoms with Gasteiger partial charge in [-0.3, -0.25) is 4.79 Å². The molecule has 1 amide bonds. The molecular formula is C19H18Cl2N2O4S. The maximum Gasteiger partial charge on any atom is 0.348 e. The molecule has 1 aromatic carbocycles. The minimum Gasteiger partial charge on any atom is -0.479 e. The lowest BCUT2D eigenvalue weighted by Gasteiger charge is -2.15. The first kappa shape index (κ1) is 22.0. The van der Waals surface area contributed by atoms with Crippen LogP contribution in [-0.2, 0) is 9.53 Å². The predicted octanol–water partition coefficient (Wildman–Crippen LogP) is 5.21. The molecule has 1 atom stereocenters. The summed E-state index contributed by atoms with van der Waals surface area (Å²) in [5, 5.41) is 13.0. The van der Waals surface area contributed by atoms with E-state index in [-0.39, 0.29) is 26.6 Å². The Balaban J connectivity index is 2.18. The number of esters is 1. The molecule has 1 N–H and O–H groups in total. The second-order valence-corrected chi connectivity index (χ2v) is 8.01. The van der Waals surface area contributed by atoms with Gasteiger partial charge in [0.15, 0.2) is 6.10 Å². The summed E-state index contributed by atoms with van der Waals surface area (Å²) in [5.41, 5.74) is 0.675. The van der Waals surface area contributed by atoms with Crippen molar-refractivity contribution in [2.24, 2.45) is 0 Å². The number of carbonyl (C=O) groups is 2. The van der Waals surface area contributed by atoms with Crippen LogP contribution in [0.2, 0.25) is 10.0 Å². The third kappa shape index (κ3) is 5.16. The zero-order valence-electron chi connectivity index (χ0n) is 15.6. The Bertz CT molecular complexity index is 950. The van der Waals surface area contributed by atoms with Gasteiger partial charge in [-0.15, -0.1) is 11.3 Å². The van der Waals surface area contributed by atoms with Crippen LogP contribution >= 0.6 is 34.5 Å². The highest BCUT2D eigenvalue weighted by Gasteiger charge is 2.25. The Hall–Kier alpha value is -2.27. The summed E-state index contributed by atoms with van der Waals surface area (Å²) < 4.78 is 10.8. The number of anilines is 1. The van der Waals surface area contributed by atoms with E-state index in [0.29, 0.717) is 16.3 Å². The van der Waals surface area contributed by atoms with Crippen LogP contribution in [0, 0.1) is 18.3 Å². The van der Waals surface area contributed by atoms with E-state index in [0.717, 1.165) is 11.3 Å². The van der Waals surface area contributed by atoms with E-state index < -0.39 is 18.0 Å². The molecule has 9 heteroatoms. The lowest BCUT2D eigenvalue weighted by atomic mass is 10.1. The molecule has 2 rings (SSSR count). The summed E-state index contributed by atoms with van der Waals surface area (Å²) in [6.45, 7) is 6.64. The first-order valence-electron chi connectivity index (χ1n) is 8.31. The Morgan fingerprint density at radius 2 is 1.93 bits per heavy atom. The van der Waals surface area contributed by atoms with Crippen molar-refractivity contribution in [1.82, 2.24) is 0 Å². The van der Waals surface area contributed by atoms with Crippen molar-refractivity contribution in [2.45, 2.75) is 39.9 Å². The fourth-order valence-corrected chi connectivity index (χ4v) is 3.72. The smallest absolute Gasteiger partial charge is 0.348 e. The number of nitriles is 1. The molecule has 2 aromatic rings. The Morgan fingerprint density at radius 1 is 1.25 bits per heavy atom. The SMILES string of the molecule is Cc1c(C(=O)OC(C)C)sc(NC(=O)C(C)Oc2ccc(Cl)cc2Cl)c1C#N. The molecule has 0 aliphatic carbocycles. The molecule has 0 saturated carbocycles. The standard InChI is InChI=1S/C19H18Cl2N2O4S/c1-9(2)26-19(25)16-10(3)13(8-22)18(28-16)23-17(24)11(4)27-15-6-5-12(20)7-14(15)21/h5-7,9,11H,1-4H3,(H,23,24). The maximum atomic E-state index is 12.5. The number of thiophene rings is 1. The average molecular weight is 441 g/mol. The van der Waals surface area contributed by atoms with Crippen LogP contribution in [0.3, 0.4) is 0 Å².